The maximum atomic E-state index is 12.5. The van der Waals surface area contributed by atoms with Gasteiger partial charge in [0.15, 0.2) is 5.11 Å². The van der Waals surface area contributed by atoms with Crippen LogP contribution in [0.1, 0.15) is 24.8 Å². The second-order valence-electron chi connectivity index (χ2n) is 5.36. The van der Waals surface area contributed by atoms with E-state index in [1.807, 2.05) is 0 Å². The van der Waals surface area contributed by atoms with E-state index >= 15 is 0 Å². The number of anilines is 1. The van der Waals surface area contributed by atoms with E-state index in [1.54, 1.807) is 0 Å². The second-order valence-corrected chi connectivity index (χ2v) is 5.77. The van der Waals surface area contributed by atoms with Gasteiger partial charge in [0.1, 0.15) is 0 Å². The summed E-state index contributed by atoms with van der Waals surface area (Å²) in [4.78, 5) is 2.42. The summed E-state index contributed by atoms with van der Waals surface area (Å²) in [6, 6.07) is 4.83. The highest BCUT2D eigenvalue weighted by Gasteiger charge is 2.29. The van der Waals surface area contributed by atoms with E-state index < -0.39 is 11.7 Å². The van der Waals surface area contributed by atoms with Crippen molar-refractivity contribution in [1.82, 2.24) is 10.2 Å². The van der Waals surface area contributed by atoms with Gasteiger partial charge in [0.2, 0.25) is 0 Å². The fraction of sp³-hybridized carbons (Fsp3) is 0.533. The van der Waals surface area contributed by atoms with E-state index in [0.29, 0.717) is 10.8 Å². The number of thiocarbonyl (C=S) groups is 1. The first-order chi connectivity index (χ1) is 10.4. The highest BCUT2D eigenvalue weighted by atomic mass is 32.1. The monoisotopic (exact) mass is 331 g/mol. The molecule has 1 heterocycles. The Morgan fingerprint density at radius 1 is 1.14 bits per heavy atom. The van der Waals surface area contributed by atoms with E-state index in [2.05, 4.69) is 15.5 Å². The number of benzene rings is 1. The van der Waals surface area contributed by atoms with Crippen molar-refractivity contribution in [3.05, 3.63) is 29.8 Å². The molecule has 0 atom stereocenters. The molecule has 3 nitrogen and oxygen atoms in total. The Labute approximate surface area is 133 Å². The summed E-state index contributed by atoms with van der Waals surface area (Å²) in [5, 5.41) is 6.39. The number of halogens is 3. The molecule has 7 heteroatoms. The zero-order valence-electron chi connectivity index (χ0n) is 12.2. The zero-order chi connectivity index (χ0) is 16.0. The van der Waals surface area contributed by atoms with Crippen LogP contribution in [0.5, 0.6) is 0 Å². The molecule has 22 heavy (non-hydrogen) atoms. The minimum atomic E-state index is -4.31. The molecule has 0 aliphatic carbocycles. The van der Waals surface area contributed by atoms with Crippen LogP contribution in [0, 0.1) is 0 Å². The largest absolute Gasteiger partial charge is 0.416 e. The summed E-state index contributed by atoms with van der Waals surface area (Å²) < 4.78 is 37.4. The molecule has 1 fully saturated rings. The quantitative estimate of drug-likeness (QED) is 0.638. The van der Waals surface area contributed by atoms with Gasteiger partial charge in [-0.3, -0.25) is 0 Å². The molecular formula is C15H20F3N3S. The molecule has 1 aromatic rings. The van der Waals surface area contributed by atoms with Crippen LogP contribution in [0.15, 0.2) is 24.3 Å². The van der Waals surface area contributed by atoms with Crippen LogP contribution in [0.2, 0.25) is 0 Å². The molecule has 0 radical (unpaired) electrons. The predicted molar refractivity (Wildman–Crippen MR) is 86.0 cm³/mol. The topological polar surface area (TPSA) is 27.3 Å². The average Bonchev–Trinajstić information content (AvgIpc) is 2.96. The number of nitrogens with one attached hydrogen (secondary N) is 2. The summed E-state index contributed by atoms with van der Waals surface area (Å²) in [5.41, 5.74) is -0.118. The number of hydrogen-bond acceptors (Lipinski definition) is 2. The highest BCUT2D eigenvalue weighted by molar-refractivity contribution is 7.80. The van der Waals surface area contributed by atoms with Crippen LogP contribution in [0.4, 0.5) is 18.9 Å². The van der Waals surface area contributed by atoms with Crippen LogP contribution in [0.3, 0.4) is 0 Å². The Morgan fingerprint density at radius 3 is 2.36 bits per heavy atom. The van der Waals surface area contributed by atoms with Crippen LogP contribution < -0.4 is 10.6 Å². The van der Waals surface area contributed by atoms with Crippen LogP contribution >= 0.6 is 12.2 Å². The Kier molecular flexibility index (Phi) is 6.02. The van der Waals surface area contributed by atoms with Crippen molar-refractivity contribution >= 4 is 23.0 Å². The SMILES string of the molecule is FC(F)(F)c1ccc(NC(=S)NCCCN2CCCC2)cc1. The third-order valence-corrected chi connectivity index (χ3v) is 3.85. The van der Waals surface area contributed by atoms with E-state index in [0.717, 1.165) is 31.6 Å². The molecule has 0 unspecified atom stereocenters. The third kappa shape index (κ3) is 5.46. The lowest BCUT2D eigenvalue weighted by Gasteiger charge is -2.15. The molecule has 0 spiro atoms. The number of likely N-dealkylation sites (tertiary alicyclic amines) is 1. The lowest BCUT2D eigenvalue weighted by atomic mass is 10.2. The Morgan fingerprint density at radius 2 is 1.77 bits per heavy atom. The van der Waals surface area contributed by atoms with Gasteiger partial charge in [-0.25, -0.2) is 0 Å². The molecule has 1 saturated heterocycles. The van der Waals surface area contributed by atoms with Crippen molar-refractivity contribution in [3.63, 3.8) is 0 Å². The van der Waals surface area contributed by atoms with Gasteiger partial charge in [-0.15, -0.1) is 0 Å². The average molecular weight is 331 g/mol. The van der Waals surface area contributed by atoms with E-state index in [-0.39, 0.29) is 0 Å². The summed E-state index contributed by atoms with van der Waals surface area (Å²) in [6.07, 6.45) is -0.760. The molecule has 0 saturated carbocycles. The van der Waals surface area contributed by atoms with E-state index in [1.165, 1.54) is 38.1 Å². The fourth-order valence-electron chi connectivity index (χ4n) is 2.43. The first kappa shape index (κ1) is 17.0. The van der Waals surface area contributed by atoms with Gasteiger partial charge in [-0.05, 0) is 75.4 Å². The van der Waals surface area contributed by atoms with Crippen molar-refractivity contribution in [2.24, 2.45) is 0 Å². The molecule has 2 N–H and O–H groups in total. The number of nitrogens with zero attached hydrogens (tertiary/aromatic N) is 1. The third-order valence-electron chi connectivity index (χ3n) is 3.61. The van der Waals surface area contributed by atoms with Crippen molar-refractivity contribution in [2.75, 3.05) is 31.5 Å². The standard InChI is InChI=1S/C15H20F3N3S/c16-15(17,18)12-4-6-13(7-5-12)20-14(22)19-8-3-11-21-9-1-2-10-21/h4-7H,1-3,8-11H2,(H2,19,20,22). The smallest absolute Gasteiger partial charge is 0.362 e. The molecule has 0 bridgehead atoms. The molecule has 2 rings (SSSR count). The van der Waals surface area contributed by atoms with Gasteiger partial charge in [0, 0.05) is 12.2 Å². The van der Waals surface area contributed by atoms with Gasteiger partial charge in [-0.1, -0.05) is 0 Å². The lowest BCUT2D eigenvalue weighted by Crippen LogP contribution is -2.31. The predicted octanol–water partition coefficient (Wildman–Crippen LogP) is 3.48. The van der Waals surface area contributed by atoms with Crippen LogP contribution in [-0.2, 0) is 6.18 Å². The molecule has 122 valence electrons. The summed E-state index contributed by atoms with van der Waals surface area (Å²) in [6.45, 7) is 4.15. The normalized spacial score (nSPS) is 15.8. The second kappa shape index (κ2) is 7.78. The maximum Gasteiger partial charge on any atom is 0.416 e. The van der Waals surface area contributed by atoms with Crippen LogP contribution in [-0.4, -0.2) is 36.2 Å². The first-order valence-electron chi connectivity index (χ1n) is 7.39. The lowest BCUT2D eigenvalue weighted by molar-refractivity contribution is -0.137. The fourth-order valence-corrected chi connectivity index (χ4v) is 2.65. The maximum absolute atomic E-state index is 12.5. The minimum Gasteiger partial charge on any atom is -0.362 e. The van der Waals surface area contributed by atoms with Gasteiger partial charge in [0.25, 0.3) is 0 Å². The number of hydrogen-bond donors (Lipinski definition) is 2. The zero-order valence-corrected chi connectivity index (χ0v) is 13.1. The molecule has 0 amide bonds. The van der Waals surface area contributed by atoms with Crippen molar-refractivity contribution < 1.29 is 13.2 Å². The van der Waals surface area contributed by atoms with Crippen molar-refractivity contribution in [3.8, 4) is 0 Å². The highest BCUT2D eigenvalue weighted by Crippen LogP contribution is 2.29. The molecule has 1 aliphatic heterocycles. The first-order valence-corrected chi connectivity index (χ1v) is 7.80. The van der Waals surface area contributed by atoms with E-state index in [4.69, 9.17) is 12.2 Å². The number of rotatable bonds is 5. The van der Waals surface area contributed by atoms with Gasteiger partial charge in [-0.2, -0.15) is 13.2 Å². The van der Waals surface area contributed by atoms with Crippen molar-refractivity contribution in [2.45, 2.75) is 25.4 Å². The molecule has 1 aromatic carbocycles. The van der Waals surface area contributed by atoms with E-state index in [9.17, 15) is 13.2 Å². The van der Waals surface area contributed by atoms with Gasteiger partial charge in [0.05, 0.1) is 5.56 Å². The minimum absolute atomic E-state index is 0.432. The summed E-state index contributed by atoms with van der Waals surface area (Å²) in [5.74, 6) is 0. The Balaban J connectivity index is 1.68. The van der Waals surface area contributed by atoms with Gasteiger partial charge < -0.3 is 15.5 Å². The summed E-state index contributed by atoms with van der Waals surface area (Å²) >= 11 is 5.13. The molecule has 0 aromatic heterocycles. The Hall–Kier alpha value is -1.34. The molecule has 1 aliphatic rings. The Bertz CT molecular complexity index is 482. The number of alkyl halides is 3. The molecular weight excluding hydrogens is 311 g/mol. The van der Waals surface area contributed by atoms with Crippen molar-refractivity contribution in [1.29, 1.82) is 0 Å². The van der Waals surface area contributed by atoms with Crippen LogP contribution in [0.25, 0.3) is 0 Å². The van der Waals surface area contributed by atoms with Gasteiger partial charge >= 0.3 is 6.18 Å². The summed E-state index contributed by atoms with van der Waals surface area (Å²) in [7, 11) is 0.